The number of aromatic nitrogens is 2. The molecule has 0 saturated carbocycles. The normalized spacial score (nSPS) is 21.2. The smallest absolute Gasteiger partial charge is 0.353 e. The fourth-order valence-electron chi connectivity index (χ4n) is 2.45. The van der Waals surface area contributed by atoms with E-state index >= 15 is 0 Å². The number of nitro groups is 1. The van der Waals surface area contributed by atoms with E-state index in [2.05, 4.69) is 14.9 Å². The van der Waals surface area contributed by atoms with Crippen LogP contribution in [0.5, 0.6) is 0 Å². The molecule has 2 heterocycles. The summed E-state index contributed by atoms with van der Waals surface area (Å²) in [4.78, 5) is 22.6. The maximum Gasteiger partial charge on any atom is 0.353 e. The highest BCUT2D eigenvalue weighted by Gasteiger charge is 2.29. The molecule has 8 heteroatoms. The second-order valence-electron chi connectivity index (χ2n) is 4.85. The summed E-state index contributed by atoms with van der Waals surface area (Å²) in [5.41, 5.74) is 5.42. The molecule has 2 N–H and O–H groups in total. The first-order valence-corrected chi connectivity index (χ1v) is 6.20. The number of hydrogen-bond donors (Lipinski definition) is 1. The quantitative estimate of drug-likeness (QED) is 0.614. The molecule has 1 unspecified atom stereocenters. The molecular weight excluding hydrogens is 248 g/mol. The molecule has 0 amide bonds. The van der Waals surface area contributed by atoms with Crippen LogP contribution >= 0.6 is 0 Å². The number of nitrogen functional groups attached to an aromatic ring is 1. The van der Waals surface area contributed by atoms with Gasteiger partial charge in [0.1, 0.15) is 6.33 Å². The predicted molar refractivity (Wildman–Crippen MR) is 72.0 cm³/mol. The van der Waals surface area contributed by atoms with Crippen LogP contribution in [0.2, 0.25) is 0 Å². The van der Waals surface area contributed by atoms with Crippen LogP contribution in [-0.4, -0.2) is 52.5 Å². The molecule has 8 nitrogen and oxygen atoms in total. The molecule has 1 aromatic heterocycles. The molecule has 104 valence electrons. The van der Waals surface area contributed by atoms with Crippen molar-refractivity contribution in [2.45, 2.75) is 19.4 Å². The van der Waals surface area contributed by atoms with Crippen molar-refractivity contribution >= 4 is 17.3 Å². The zero-order valence-electron chi connectivity index (χ0n) is 11.1. The van der Waals surface area contributed by atoms with Crippen molar-refractivity contribution in [2.24, 2.45) is 0 Å². The molecule has 0 radical (unpaired) electrons. The number of hydrogen-bond acceptors (Lipinski definition) is 7. The van der Waals surface area contributed by atoms with E-state index in [1.807, 2.05) is 18.9 Å². The Morgan fingerprint density at radius 2 is 2.21 bits per heavy atom. The first-order chi connectivity index (χ1) is 9.00. The molecule has 1 fully saturated rings. The molecule has 0 aromatic carbocycles. The third-order valence-corrected chi connectivity index (χ3v) is 3.33. The van der Waals surface area contributed by atoms with Gasteiger partial charge in [0.25, 0.3) is 0 Å². The third-order valence-electron chi connectivity index (χ3n) is 3.33. The first kappa shape index (κ1) is 13.5. The van der Waals surface area contributed by atoms with Gasteiger partial charge in [0.15, 0.2) is 0 Å². The van der Waals surface area contributed by atoms with Crippen molar-refractivity contribution in [3.05, 3.63) is 16.4 Å². The highest BCUT2D eigenvalue weighted by Crippen LogP contribution is 2.31. The van der Waals surface area contributed by atoms with Crippen LogP contribution in [0.3, 0.4) is 0 Å². The summed E-state index contributed by atoms with van der Waals surface area (Å²) >= 11 is 0. The number of anilines is 2. The van der Waals surface area contributed by atoms with Gasteiger partial charge < -0.3 is 15.5 Å². The zero-order chi connectivity index (χ0) is 14.0. The topological polar surface area (TPSA) is 101 Å². The van der Waals surface area contributed by atoms with Crippen molar-refractivity contribution in [1.29, 1.82) is 0 Å². The molecule has 1 atom stereocenters. The summed E-state index contributed by atoms with van der Waals surface area (Å²) in [5, 5.41) is 11.2. The predicted octanol–water partition coefficient (Wildman–Crippen LogP) is 0.497. The van der Waals surface area contributed by atoms with Gasteiger partial charge in [-0.3, -0.25) is 10.1 Å². The Kier molecular flexibility index (Phi) is 3.79. The molecule has 1 aliphatic rings. The minimum absolute atomic E-state index is 0.0835. The SMILES string of the molecule is CC1CN(C)CCCN1c1ncnc(N)c1[N+](=O)[O-]. The van der Waals surface area contributed by atoms with Gasteiger partial charge >= 0.3 is 5.69 Å². The van der Waals surface area contributed by atoms with E-state index in [-0.39, 0.29) is 17.5 Å². The molecule has 1 aliphatic heterocycles. The Bertz CT molecular complexity index is 480. The minimum Gasteiger partial charge on any atom is -0.378 e. The Balaban J connectivity index is 2.40. The molecule has 1 aromatic rings. The highest BCUT2D eigenvalue weighted by atomic mass is 16.6. The van der Waals surface area contributed by atoms with E-state index in [4.69, 9.17) is 5.73 Å². The van der Waals surface area contributed by atoms with Crippen molar-refractivity contribution in [2.75, 3.05) is 37.3 Å². The van der Waals surface area contributed by atoms with Crippen molar-refractivity contribution in [3.63, 3.8) is 0 Å². The largest absolute Gasteiger partial charge is 0.378 e. The maximum absolute atomic E-state index is 11.2. The van der Waals surface area contributed by atoms with Gasteiger partial charge in [-0.05, 0) is 26.9 Å². The lowest BCUT2D eigenvalue weighted by Crippen LogP contribution is -2.38. The maximum atomic E-state index is 11.2. The Hall–Kier alpha value is -1.96. The lowest BCUT2D eigenvalue weighted by molar-refractivity contribution is -0.383. The van der Waals surface area contributed by atoms with E-state index < -0.39 is 4.92 Å². The van der Waals surface area contributed by atoms with Gasteiger partial charge in [0.05, 0.1) is 4.92 Å². The minimum atomic E-state index is -0.508. The number of nitrogens with two attached hydrogens (primary N) is 1. The summed E-state index contributed by atoms with van der Waals surface area (Å²) in [7, 11) is 2.04. The molecule has 1 saturated heterocycles. The van der Waals surface area contributed by atoms with E-state index in [0.29, 0.717) is 5.82 Å². The van der Waals surface area contributed by atoms with Crippen molar-refractivity contribution in [3.8, 4) is 0 Å². The van der Waals surface area contributed by atoms with Gasteiger partial charge in [0, 0.05) is 19.1 Å². The third kappa shape index (κ3) is 2.73. The number of rotatable bonds is 2. The first-order valence-electron chi connectivity index (χ1n) is 6.20. The highest BCUT2D eigenvalue weighted by molar-refractivity contribution is 5.68. The second kappa shape index (κ2) is 5.35. The number of nitrogens with zero attached hydrogens (tertiary/aromatic N) is 5. The van der Waals surface area contributed by atoms with Gasteiger partial charge in [0.2, 0.25) is 11.6 Å². The standard InChI is InChI=1S/C11H18N6O2/c1-8-6-15(2)4-3-5-16(8)11-9(17(18)19)10(12)13-7-14-11/h7-8H,3-6H2,1-2H3,(H2,12,13,14). The molecule has 19 heavy (non-hydrogen) atoms. The van der Waals surface area contributed by atoms with Crippen molar-refractivity contribution < 1.29 is 4.92 Å². The van der Waals surface area contributed by atoms with E-state index in [1.165, 1.54) is 6.33 Å². The van der Waals surface area contributed by atoms with Crippen molar-refractivity contribution in [1.82, 2.24) is 14.9 Å². The molecule has 2 rings (SSSR count). The Labute approximate surface area is 111 Å². The second-order valence-corrected chi connectivity index (χ2v) is 4.85. The fraction of sp³-hybridized carbons (Fsp3) is 0.636. The molecule has 0 bridgehead atoms. The molecular formula is C11H18N6O2. The van der Waals surface area contributed by atoms with E-state index in [1.54, 1.807) is 0 Å². The van der Waals surface area contributed by atoms with E-state index in [9.17, 15) is 10.1 Å². The lowest BCUT2D eigenvalue weighted by Gasteiger charge is -2.28. The molecule has 0 spiro atoms. The fourth-order valence-corrected chi connectivity index (χ4v) is 2.45. The number of likely N-dealkylation sites (N-methyl/N-ethyl adjacent to an activating group) is 1. The van der Waals surface area contributed by atoms with Crippen LogP contribution in [0.1, 0.15) is 13.3 Å². The summed E-state index contributed by atoms with van der Waals surface area (Å²) in [6, 6.07) is 0.139. The Morgan fingerprint density at radius 1 is 1.47 bits per heavy atom. The summed E-state index contributed by atoms with van der Waals surface area (Å²) < 4.78 is 0. The van der Waals surface area contributed by atoms with Gasteiger partial charge in [-0.25, -0.2) is 9.97 Å². The van der Waals surface area contributed by atoms with Crippen LogP contribution in [-0.2, 0) is 0 Å². The van der Waals surface area contributed by atoms with Crippen LogP contribution in [0.25, 0.3) is 0 Å². The average Bonchev–Trinajstić information content (AvgIpc) is 2.49. The van der Waals surface area contributed by atoms with E-state index in [0.717, 1.165) is 26.1 Å². The summed E-state index contributed by atoms with van der Waals surface area (Å²) in [6.45, 7) is 4.56. The van der Waals surface area contributed by atoms with Gasteiger partial charge in [-0.2, -0.15) is 0 Å². The zero-order valence-corrected chi connectivity index (χ0v) is 11.1. The monoisotopic (exact) mass is 266 g/mol. The summed E-state index contributed by atoms with van der Waals surface area (Å²) in [6.07, 6.45) is 2.21. The average molecular weight is 266 g/mol. The van der Waals surface area contributed by atoms with Gasteiger partial charge in [-0.1, -0.05) is 0 Å². The van der Waals surface area contributed by atoms with Crippen LogP contribution in [0.15, 0.2) is 6.33 Å². The Morgan fingerprint density at radius 3 is 2.89 bits per heavy atom. The summed E-state index contributed by atoms with van der Waals surface area (Å²) in [5.74, 6) is 0.236. The van der Waals surface area contributed by atoms with Crippen LogP contribution < -0.4 is 10.6 Å². The molecule has 0 aliphatic carbocycles. The van der Waals surface area contributed by atoms with Crippen LogP contribution in [0.4, 0.5) is 17.3 Å². The van der Waals surface area contributed by atoms with Crippen LogP contribution in [0, 0.1) is 10.1 Å². The lowest BCUT2D eigenvalue weighted by atomic mass is 10.2. The van der Waals surface area contributed by atoms with Gasteiger partial charge in [-0.15, -0.1) is 0 Å².